The maximum absolute atomic E-state index is 10.7. The summed E-state index contributed by atoms with van der Waals surface area (Å²) in [6.45, 7) is 0. The lowest BCUT2D eigenvalue weighted by atomic mass is 9.82. The average molecular weight is 256 g/mol. The van der Waals surface area contributed by atoms with Gasteiger partial charge in [0, 0.05) is 16.6 Å². The lowest BCUT2D eigenvalue weighted by Gasteiger charge is -2.25. The zero-order chi connectivity index (χ0) is 10.1. The third-order valence-electron chi connectivity index (χ3n) is 2.61. The molecular formula is C10H10BrNO2. The van der Waals surface area contributed by atoms with E-state index < -0.39 is 5.97 Å². The summed E-state index contributed by atoms with van der Waals surface area (Å²) in [6, 6.07) is 1.63. The normalized spacial score (nSPS) is 16.4. The number of rotatable bonds is 2. The summed E-state index contributed by atoms with van der Waals surface area (Å²) in [6.07, 6.45) is 5.01. The van der Waals surface area contributed by atoms with Gasteiger partial charge in [-0.1, -0.05) is 6.42 Å². The molecule has 1 N–H and O–H groups in total. The van der Waals surface area contributed by atoms with Crippen LogP contribution in [0.1, 0.15) is 41.2 Å². The predicted octanol–water partition coefficient (Wildman–Crippen LogP) is 2.81. The van der Waals surface area contributed by atoms with Crippen LogP contribution in [-0.2, 0) is 0 Å². The maximum atomic E-state index is 10.7. The van der Waals surface area contributed by atoms with Gasteiger partial charge in [0.25, 0.3) is 0 Å². The molecule has 0 amide bonds. The summed E-state index contributed by atoms with van der Waals surface area (Å²) in [5.41, 5.74) is 1.24. The lowest BCUT2D eigenvalue weighted by molar-refractivity contribution is 0.0696. The molecule has 4 heteroatoms. The first-order chi connectivity index (χ1) is 6.68. The van der Waals surface area contributed by atoms with Crippen LogP contribution in [0.15, 0.2) is 16.7 Å². The van der Waals surface area contributed by atoms with Crippen LogP contribution in [0.5, 0.6) is 0 Å². The van der Waals surface area contributed by atoms with Crippen molar-refractivity contribution >= 4 is 21.9 Å². The largest absolute Gasteiger partial charge is 0.478 e. The number of nitrogens with zero attached hydrogens (tertiary/aromatic N) is 1. The summed E-state index contributed by atoms with van der Waals surface area (Å²) in [7, 11) is 0. The standard InChI is InChI=1S/C10H10BrNO2/c11-8-4-7(10(13)14)5-12-9(8)6-2-1-3-6/h4-6H,1-3H2,(H,13,14). The monoisotopic (exact) mass is 255 g/mol. The van der Waals surface area contributed by atoms with E-state index in [4.69, 9.17) is 5.11 Å². The van der Waals surface area contributed by atoms with Gasteiger partial charge in [0.05, 0.1) is 11.3 Å². The van der Waals surface area contributed by atoms with Gasteiger partial charge in [-0.2, -0.15) is 0 Å². The van der Waals surface area contributed by atoms with E-state index in [0.717, 1.165) is 23.0 Å². The van der Waals surface area contributed by atoms with Crippen molar-refractivity contribution in [2.24, 2.45) is 0 Å². The first-order valence-electron chi connectivity index (χ1n) is 4.57. The molecule has 3 nitrogen and oxygen atoms in total. The Morgan fingerprint density at radius 1 is 1.57 bits per heavy atom. The Morgan fingerprint density at radius 2 is 2.29 bits per heavy atom. The highest BCUT2D eigenvalue weighted by Gasteiger charge is 2.23. The van der Waals surface area contributed by atoms with E-state index in [0.29, 0.717) is 5.92 Å². The second kappa shape index (κ2) is 3.69. The van der Waals surface area contributed by atoms with E-state index in [1.165, 1.54) is 12.6 Å². The number of aromatic carboxylic acids is 1. The van der Waals surface area contributed by atoms with Crippen molar-refractivity contribution in [1.82, 2.24) is 4.98 Å². The molecule has 14 heavy (non-hydrogen) atoms. The first-order valence-corrected chi connectivity index (χ1v) is 5.36. The Morgan fingerprint density at radius 3 is 2.71 bits per heavy atom. The van der Waals surface area contributed by atoms with Gasteiger partial charge < -0.3 is 5.11 Å². The van der Waals surface area contributed by atoms with E-state index in [1.54, 1.807) is 6.07 Å². The van der Waals surface area contributed by atoms with Crippen molar-refractivity contribution in [3.05, 3.63) is 28.0 Å². The molecule has 0 aromatic carbocycles. The first kappa shape index (κ1) is 9.65. The second-order valence-corrected chi connectivity index (χ2v) is 4.38. The SMILES string of the molecule is O=C(O)c1cnc(C2CCC2)c(Br)c1. The van der Waals surface area contributed by atoms with Gasteiger partial charge in [-0.15, -0.1) is 0 Å². The molecule has 0 radical (unpaired) electrons. The van der Waals surface area contributed by atoms with Gasteiger partial charge in [0.1, 0.15) is 0 Å². The Hall–Kier alpha value is -0.900. The molecule has 1 aliphatic carbocycles. The van der Waals surface area contributed by atoms with Crippen molar-refractivity contribution in [2.75, 3.05) is 0 Å². The number of carbonyl (C=O) groups is 1. The molecule has 0 atom stereocenters. The molecule has 0 unspecified atom stereocenters. The number of aromatic nitrogens is 1. The molecule has 0 bridgehead atoms. The van der Waals surface area contributed by atoms with E-state index in [-0.39, 0.29) is 5.56 Å². The number of pyridine rings is 1. The number of halogens is 1. The second-order valence-electron chi connectivity index (χ2n) is 3.52. The van der Waals surface area contributed by atoms with E-state index in [9.17, 15) is 4.79 Å². The summed E-state index contributed by atoms with van der Waals surface area (Å²) >= 11 is 3.36. The highest BCUT2D eigenvalue weighted by Crippen LogP contribution is 2.38. The van der Waals surface area contributed by atoms with E-state index in [2.05, 4.69) is 20.9 Å². The van der Waals surface area contributed by atoms with E-state index in [1.807, 2.05) is 0 Å². The maximum Gasteiger partial charge on any atom is 0.337 e. The summed E-state index contributed by atoms with van der Waals surface area (Å²) in [5, 5.41) is 8.75. The lowest BCUT2D eigenvalue weighted by Crippen LogP contribution is -2.12. The van der Waals surface area contributed by atoms with Gasteiger partial charge in [-0.05, 0) is 34.8 Å². The third-order valence-corrected chi connectivity index (χ3v) is 3.24. The average Bonchev–Trinajstić information content (AvgIpc) is 2.04. The summed E-state index contributed by atoms with van der Waals surface area (Å²) in [5.74, 6) is -0.412. The molecule has 1 aliphatic rings. The van der Waals surface area contributed by atoms with Crippen LogP contribution in [-0.4, -0.2) is 16.1 Å². The minimum absolute atomic E-state index is 0.236. The van der Waals surface area contributed by atoms with Crippen molar-refractivity contribution < 1.29 is 9.90 Å². The molecular weight excluding hydrogens is 246 g/mol. The van der Waals surface area contributed by atoms with Gasteiger partial charge in [-0.25, -0.2) is 4.79 Å². The van der Waals surface area contributed by atoms with Crippen LogP contribution in [0, 0.1) is 0 Å². The van der Waals surface area contributed by atoms with Crippen LogP contribution in [0.2, 0.25) is 0 Å². The highest BCUT2D eigenvalue weighted by molar-refractivity contribution is 9.10. The molecule has 1 fully saturated rings. The number of carboxylic acids is 1. The van der Waals surface area contributed by atoms with Gasteiger partial charge in [0.2, 0.25) is 0 Å². The van der Waals surface area contributed by atoms with Crippen molar-refractivity contribution in [1.29, 1.82) is 0 Å². The predicted molar refractivity (Wildman–Crippen MR) is 55.5 cm³/mol. The molecule has 0 spiro atoms. The van der Waals surface area contributed by atoms with Crippen LogP contribution in [0.25, 0.3) is 0 Å². The molecule has 1 saturated carbocycles. The topological polar surface area (TPSA) is 50.2 Å². The van der Waals surface area contributed by atoms with Crippen molar-refractivity contribution in [3.8, 4) is 0 Å². The van der Waals surface area contributed by atoms with Crippen molar-refractivity contribution in [2.45, 2.75) is 25.2 Å². The molecule has 74 valence electrons. The minimum Gasteiger partial charge on any atom is -0.478 e. The fraction of sp³-hybridized carbons (Fsp3) is 0.400. The zero-order valence-electron chi connectivity index (χ0n) is 7.53. The molecule has 0 aliphatic heterocycles. The van der Waals surface area contributed by atoms with Gasteiger partial charge in [0.15, 0.2) is 0 Å². The highest BCUT2D eigenvalue weighted by atomic mass is 79.9. The zero-order valence-corrected chi connectivity index (χ0v) is 9.12. The molecule has 1 heterocycles. The minimum atomic E-state index is -0.932. The van der Waals surface area contributed by atoms with Crippen LogP contribution in [0.3, 0.4) is 0 Å². The van der Waals surface area contributed by atoms with Gasteiger partial charge in [-0.3, -0.25) is 4.98 Å². The number of hydrogen-bond acceptors (Lipinski definition) is 2. The Balaban J connectivity index is 2.30. The Bertz CT molecular complexity index is 374. The summed E-state index contributed by atoms with van der Waals surface area (Å²) in [4.78, 5) is 14.9. The smallest absolute Gasteiger partial charge is 0.337 e. The Kier molecular flexibility index (Phi) is 2.54. The molecule has 2 rings (SSSR count). The third kappa shape index (κ3) is 1.66. The van der Waals surface area contributed by atoms with Crippen LogP contribution < -0.4 is 0 Å². The molecule has 0 saturated heterocycles. The quantitative estimate of drug-likeness (QED) is 0.885. The molecule has 1 aromatic rings. The van der Waals surface area contributed by atoms with E-state index >= 15 is 0 Å². The van der Waals surface area contributed by atoms with Crippen LogP contribution >= 0.6 is 15.9 Å². The number of carboxylic acid groups (broad SMARTS) is 1. The Labute approximate surface area is 90.3 Å². The van der Waals surface area contributed by atoms with Crippen LogP contribution in [0.4, 0.5) is 0 Å². The summed E-state index contributed by atoms with van der Waals surface area (Å²) < 4.78 is 0.821. The van der Waals surface area contributed by atoms with Gasteiger partial charge >= 0.3 is 5.97 Å². The van der Waals surface area contributed by atoms with Crippen molar-refractivity contribution in [3.63, 3.8) is 0 Å². The fourth-order valence-corrected chi connectivity index (χ4v) is 2.22. The fourth-order valence-electron chi connectivity index (χ4n) is 1.55. The molecule has 1 aromatic heterocycles. The number of hydrogen-bond donors (Lipinski definition) is 1.